The van der Waals surface area contributed by atoms with Crippen molar-refractivity contribution >= 4 is 17.5 Å². The topological polar surface area (TPSA) is 72.2 Å². The van der Waals surface area contributed by atoms with Gasteiger partial charge in [0.1, 0.15) is 5.82 Å². The Labute approximate surface area is 152 Å². The Hall–Kier alpha value is -2.69. The first-order valence-electron chi connectivity index (χ1n) is 8.96. The molecule has 5 heteroatoms. The molecule has 2 amide bonds. The lowest BCUT2D eigenvalue weighted by atomic mass is 9.77. The van der Waals surface area contributed by atoms with Gasteiger partial charge in [0.15, 0.2) is 0 Å². The molecule has 0 heterocycles. The first-order valence-corrected chi connectivity index (χ1v) is 8.96. The molecule has 26 heavy (non-hydrogen) atoms. The van der Waals surface area contributed by atoms with Gasteiger partial charge in [0, 0.05) is 17.7 Å². The van der Waals surface area contributed by atoms with Gasteiger partial charge < -0.3 is 11.1 Å². The van der Waals surface area contributed by atoms with Gasteiger partial charge in [-0.05, 0) is 79.5 Å². The molecule has 3 N–H and O–H groups in total. The number of carbonyl (C=O) groups excluding carboxylic acids is 2. The lowest BCUT2D eigenvalue weighted by Crippen LogP contribution is -2.20. The first-order chi connectivity index (χ1) is 12.5. The monoisotopic (exact) mass is 354 g/mol. The molecule has 0 radical (unpaired) electrons. The molecule has 1 saturated carbocycles. The van der Waals surface area contributed by atoms with E-state index >= 15 is 0 Å². The number of nitrogens with one attached hydrogen (secondary N) is 1. The third-order valence-corrected chi connectivity index (χ3v) is 5.06. The van der Waals surface area contributed by atoms with Crippen LogP contribution in [0.15, 0.2) is 48.5 Å². The van der Waals surface area contributed by atoms with Crippen molar-refractivity contribution in [1.29, 1.82) is 0 Å². The van der Waals surface area contributed by atoms with Crippen molar-refractivity contribution in [1.82, 2.24) is 0 Å². The van der Waals surface area contributed by atoms with Crippen molar-refractivity contribution in [3.05, 3.63) is 65.5 Å². The van der Waals surface area contributed by atoms with Gasteiger partial charge in [-0.25, -0.2) is 4.39 Å². The second-order valence-corrected chi connectivity index (χ2v) is 6.97. The van der Waals surface area contributed by atoms with Crippen LogP contribution in [-0.4, -0.2) is 11.8 Å². The summed E-state index contributed by atoms with van der Waals surface area (Å²) in [4.78, 5) is 23.5. The number of halogens is 1. The van der Waals surface area contributed by atoms with E-state index in [1.54, 1.807) is 6.07 Å². The Kier molecular flexibility index (Phi) is 5.66. The predicted octanol–water partition coefficient (Wildman–Crippen LogP) is 4.23. The van der Waals surface area contributed by atoms with Gasteiger partial charge >= 0.3 is 0 Å². The molecule has 2 aromatic rings. The fourth-order valence-corrected chi connectivity index (χ4v) is 3.65. The van der Waals surface area contributed by atoms with Crippen LogP contribution in [0.1, 0.15) is 53.9 Å². The maximum absolute atomic E-state index is 13.0. The van der Waals surface area contributed by atoms with Crippen LogP contribution >= 0.6 is 0 Å². The molecule has 0 aliphatic heterocycles. The van der Waals surface area contributed by atoms with Crippen LogP contribution in [0.5, 0.6) is 0 Å². The summed E-state index contributed by atoms with van der Waals surface area (Å²) in [6, 6.07) is 13.4. The Bertz CT molecular complexity index is 781. The van der Waals surface area contributed by atoms with E-state index in [9.17, 15) is 14.0 Å². The number of primary amides is 1. The van der Waals surface area contributed by atoms with Gasteiger partial charge in [-0.15, -0.1) is 0 Å². The van der Waals surface area contributed by atoms with E-state index in [0.29, 0.717) is 29.5 Å². The minimum absolute atomic E-state index is 0.208. The average Bonchev–Trinajstić information content (AvgIpc) is 2.64. The van der Waals surface area contributed by atoms with Crippen molar-refractivity contribution in [2.24, 2.45) is 11.7 Å². The van der Waals surface area contributed by atoms with Gasteiger partial charge in [0.2, 0.25) is 5.91 Å². The third kappa shape index (κ3) is 4.69. The molecule has 3 rings (SSSR count). The molecule has 0 spiro atoms. The summed E-state index contributed by atoms with van der Waals surface area (Å²) in [6.45, 7) is 0. The zero-order valence-corrected chi connectivity index (χ0v) is 14.6. The molecular formula is C21H23FN2O2. The Morgan fingerprint density at radius 2 is 1.73 bits per heavy atom. The Morgan fingerprint density at radius 3 is 2.38 bits per heavy atom. The molecular weight excluding hydrogens is 331 g/mol. The summed E-state index contributed by atoms with van der Waals surface area (Å²) in [5, 5.41) is 2.79. The van der Waals surface area contributed by atoms with Gasteiger partial charge in [0.05, 0.1) is 0 Å². The van der Waals surface area contributed by atoms with Crippen LogP contribution in [0.4, 0.5) is 10.1 Å². The van der Waals surface area contributed by atoms with E-state index in [1.807, 2.05) is 18.2 Å². The van der Waals surface area contributed by atoms with Gasteiger partial charge in [-0.3, -0.25) is 9.59 Å². The number of anilines is 1. The van der Waals surface area contributed by atoms with Gasteiger partial charge in [0.25, 0.3) is 5.91 Å². The Morgan fingerprint density at radius 1 is 1.04 bits per heavy atom. The zero-order chi connectivity index (χ0) is 18.5. The second-order valence-electron chi connectivity index (χ2n) is 6.97. The van der Waals surface area contributed by atoms with Crippen molar-refractivity contribution in [2.75, 3.05) is 5.32 Å². The number of hydrogen-bond donors (Lipinski definition) is 2. The molecule has 1 aliphatic rings. The van der Waals surface area contributed by atoms with Crippen LogP contribution in [0.2, 0.25) is 0 Å². The summed E-state index contributed by atoms with van der Waals surface area (Å²) in [7, 11) is 0. The van der Waals surface area contributed by atoms with E-state index in [-0.39, 0.29) is 17.6 Å². The number of nitrogens with two attached hydrogens (primary N) is 1. The number of rotatable bonds is 5. The third-order valence-electron chi connectivity index (χ3n) is 5.06. The second kappa shape index (κ2) is 8.13. The van der Waals surface area contributed by atoms with E-state index in [1.165, 1.54) is 24.3 Å². The van der Waals surface area contributed by atoms with Crippen LogP contribution in [-0.2, 0) is 4.79 Å². The minimum atomic E-state index is -0.336. The SMILES string of the molecule is NC(=O)CC1CCC(c2cccc(C(=O)Nc3ccc(F)cc3)c2)CC1. The Balaban J connectivity index is 1.64. The first kappa shape index (κ1) is 18.1. The van der Waals surface area contributed by atoms with E-state index in [4.69, 9.17) is 5.73 Å². The molecule has 2 aromatic carbocycles. The van der Waals surface area contributed by atoms with Crippen LogP contribution in [0, 0.1) is 11.7 Å². The summed E-state index contributed by atoms with van der Waals surface area (Å²) >= 11 is 0. The molecule has 136 valence electrons. The number of hydrogen-bond acceptors (Lipinski definition) is 2. The fourth-order valence-electron chi connectivity index (χ4n) is 3.65. The van der Waals surface area contributed by atoms with E-state index < -0.39 is 0 Å². The fraction of sp³-hybridized carbons (Fsp3) is 0.333. The van der Waals surface area contributed by atoms with Crippen molar-refractivity contribution in [3.63, 3.8) is 0 Å². The zero-order valence-electron chi connectivity index (χ0n) is 14.6. The molecule has 0 bridgehead atoms. The summed E-state index contributed by atoms with van der Waals surface area (Å²) < 4.78 is 13.0. The van der Waals surface area contributed by atoms with Crippen LogP contribution in [0.3, 0.4) is 0 Å². The molecule has 0 atom stereocenters. The molecule has 1 aliphatic carbocycles. The quantitative estimate of drug-likeness (QED) is 0.843. The largest absolute Gasteiger partial charge is 0.370 e. The standard InChI is InChI=1S/C21H23FN2O2/c22-18-8-10-19(11-9-18)24-21(26)17-3-1-2-16(13-17)15-6-4-14(5-7-15)12-20(23)25/h1-3,8-11,13-15H,4-7,12H2,(H2,23,25)(H,24,26). The highest BCUT2D eigenvalue weighted by Crippen LogP contribution is 2.37. The molecule has 0 saturated heterocycles. The maximum Gasteiger partial charge on any atom is 0.255 e. The normalized spacial score (nSPS) is 19.7. The van der Waals surface area contributed by atoms with E-state index in [0.717, 1.165) is 31.2 Å². The highest BCUT2D eigenvalue weighted by atomic mass is 19.1. The van der Waals surface area contributed by atoms with Crippen molar-refractivity contribution < 1.29 is 14.0 Å². The lowest BCUT2D eigenvalue weighted by molar-refractivity contribution is -0.119. The minimum Gasteiger partial charge on any atom is -0.370 e. The summed E-state index contributed by atoms with van der Waals surface area (Å²) in [6.07, 6.45) is 4.44. The van der Waals surface area contributed by atoms with Crippen LogP contribution < -0.4 is 11.1 Å². The number of benzene rings is 2. The summed E-state index contributed by atoms with van der Waals surface area (Å²) in [5.41, 5.74) is 7.59. The van der Waals surface area contributed by atoms with Crippen molar-refractivity contribution in [2.45, 2.75) is 38.0 Å². The molecule has 4 nitrogen and oxygen atoms in total. The average molecular weight is 354 g/mol. The van der Waals surface area contributed by atoms with Crippen molar-refractivity contribution in [3.8, 4) is 0 Å². The molecule has 0 unspecified atom stereocenters. The smallest absolute Gasteiger partial charge is 0.255 e. The lowest BCUT2D eigenvalue weighted by Gasteiger charge is -2.28. The van der Waals surface area contributed by atoms with Gasteiger partial charge in [-0.2, -0.15) is 0 Å². The molecule has 0 aromatic heterocycles. The highest BCUT2D eigenvalue weighted by molar-refractivity contribution is 6.04. The number of carbonyl (C=O) groups is 2. The predicted molar refractivity (Wildman–Crippen MR) is 99.3 cm³/mol. The van der Waals surface area contributed by atoms with Crippen LogP contribution in [0.25, 0.3) is 0 Å². The maximum atomic E-state index is 13.0. The number of amides is 2. The summed E-state index contributed by atoms with van der Waals surface area (Å²) in [5.74, 6) is 0.0112. The molecule has 1 fully saturated rings. The highest BCUT2D eigenvalue weighted by Gasteiger charge is 2.24. The van der Waals surface area contributed by atoms with Gasteiger partial charge in [-0.1, -0.05) is 12.1 Å². The van der Waals surface area contributed by atoms with E-state index in [2.05, 4.69) is 5.32 Å².